The Balaban J connectivity index is 2.13. The van der Waals surface area contributed by atoms with Gasteiger partial charge in [-0.1, -0.05) is 26.0 Å². The van der Waals surface area contributed by atoms with Crippen molar-refractivity contribution >= 4 is 5.78 Å². The van der Waals surface area contributed by atoms with E-state index in [-0.39, 0.29) is 17.5 Å². The quantitative estimate of drug-likeness (QED) is 0.877. The number of hydrogen-bond donors (Lipinski definition) is 1. The van der Waals surface area contributed by atoms with E-state index in [0.29, 0.717) is 18.2 Å². The number of nitrogens with one attached hydrogen (secondary N) is 1. The van der Waals surface area contributed by atoms with E-state index in [1.165, 1.54) is 6.07 Å². The Hall–Kier alpha value is -1.26. The van der Waals surface area contributed by atoms with Crippen molar-refractivity contribution in [2.24, 2.45) is 5.92 Å². The summed E-state index contributed by atoms with van der Waals surface area (Å²) in [6.07, 6.45) is 1.89. The monoisotopic (exact) mass is 307 g/mol. The summed E-state index contributed by atoms with van der Waals surface area (Å²) in [6.45, 7) is 7.58. The highest BCUT2D eigenvalue weighted by molar-refractivity contribution is 5.87. The summed E-state index contributed by atoms with van der Waals surface area (Å²) in [6, 6.07) is 5.48. The summed E-state index contributed by atoms with van der Waals surface area (Å²) in [5.41, 5.74) is 1.37. The molecule has 0 saturated carbocycles. The van der Waals surface area contributed by atoms with E-state index >= 15 is 0 Å². The summed E-state index contributed by atoms with van der Waals surface area (Å²) in [5, 5.41) is 3.43. The lowest BCUT2D eigenvalue weighted by molar-refractivity contribution is -0.123. The van der Waals surface area contributed by atoms with Crippen molar-refractivity contribution in [1.29, 1.82) is 0 Å². The second kappa shape index (κ2) is 7.84. The van der Waals surface area contributed by atoms with Gasteiger partial charge in [-0.3, -0.25) is 4.79 Å². The predicted octanol–water partition coefficient (Wildman–Crippen LogP) is 3.21. The maximum atomic E-state index is 14.3. The first-order valence-corrected chi connectivity index (χ1v) is 8.10. The fourth-order valence-corrected chi connectivity index (χ4v) is 2.87. The SMILES string of the molecule is Cc1ccc([C@@H](CNC2CCOCC2)C(=O)C(C)C)c(F)c1. The van der Waals surface area contributed by atoms with Gasteiger partial charge in [0.05, 0.1) is 5.92 Å². The van der Waals surface area contributed by atoms with Gasteiger partial charge in [-0.15, -0.1) is 0 Å². The molecule has 0 bridgehead atoms. The number of Topliss-reactive ketones (excluding diaryl/α,β-unsaturated/α-hetero) is 1. The summed E-state index contributed by atoms with van der Waals surface area (Å²) < 4.78 is 19.6. The molecular weight excluding hydrogens is 281 g/mol. The molecule has 1 aliphatic heterocycles. The van der Waals surface area contributed by atoms with Crippen LogP contribution in [0.25, 0.3) is 0 Å². The van der Waals surface area contributed by atoms with Crippen LogP contribution >= 0.6 is 0 Å². The third-order valence-electron chi connectivity index (χ3n) is 4.28. The minimum atomic E-state index is -0.427. The maximum Gasteiger partial charge on any atom is 0.144 e. The van der Waals surface area contributed by atoms with Gasteiger partial charge in [0.2, 0.25) is 0 Å². The molecule has 1 saturated heterocycles. The number of halogens is 1. The topological polar surface area (TPSA) is 38.3 Å². The number of rotatable bonds is 6. The second-order valence-electron chi connectivity index (χ2n) is 6.43. The van der Waals surface area contributed by atoms with Gasteiger partial charge in [0.1, 0.15) is 11.6 Å². The Kier molecular flexibility index (Phi) is 6.09. The Morgan fingerprint density at radius 1 is 1.36 bits per heavy atom. The third kappa shape index (κ3) is 4.37. The molecule has 0 aliphatic carbocycles. The molecule has 0 unspecified atom stereocenters. The van der Waals surface area contributed by atoms with Crippen molar-refractivity contribution in [1.82, 2.24) is 5.32 Å². The lowest BCUT2D eigenvalue weighted by Gasteiger charge is -2.26. The second-order valence-corrected chi connectivity index (χ2v) is 6.43. The Morgan fingerprint density at radius 2 is 2.05 bits per heavy atom. The van der Waals surface area contributed by atoms with Crippen LogP contribution in [-0.2, 0) is 9.53 Å². The molecule has 0 spiro atoms. The minimum Gasteiger partial charge on any atom is -0.381 e. The zero-order valence-corrected chi connectivity index (χ0v) is 13.7. The Labute approximate surface area is 132 Å². The molecular formula is C18H26FNO2. The Morgan fingerprint density at radius 3 is 2.64 bits per heavy atom. The van der Waals surface area contributed by atoms with Crippen molar-refractivity contribution in [3.8, 4) is 0 Å². The highest BCUT2D eigenvalue weighted by Crippen LogP contribution is 2.24. The van der Waals surface area contributed by atoms with Crippen molar-refractivity contribution in [2.45, 2.75) is 45.6 Å². The summed E-state index contributed by atoms with van der Waals surface area (Å²) >= 11 is 0. The molecule has 0 amide bonds. The molecule has 2 rings (SSSR count). The van der Waals surface area contributed by atoms with Gasteiger partial charge in [-0.2, -0.15) is 0 Å². The van der Waals surface area contributed by atoms with Crippen LogP contribution in [-0.4, -0.2) is 31.6 Å². The predicted molar refractivity (Wildman–Crippen MR) is 85.6 cm³/mol. The van der Waals surface area contributed by atoms with Crippen molar-refractivity contribution in [2.75, 3.05) is 19.8 Å². The van der Waals surface area contributed by atoms with Crippen LogP contribution < -0.4 is 5.32 Å². The fourth-order valence-electron chi connectivity index (χ4n) is 2.87. The number of ketones is 1. The van der Waals surface area contributed by atoms with Crippen LogP contribution in [0.5, 0.6) is 0 Å². The van der Waals surface area contributed by atoms with Crippen molar-refractivity contribution < 1.29 is 13.9 Å². The molecule has 1 aromatic rings. The van der Waals surface area contributed by atoms with Gasteiger partial charge < -0.3 is 10.1 Å². The van der Waals surface area contributed by atoms with Gasteiger partial charge in [0.25, 0.3) is 0 Å². The Bertz CT molecular complexity index is 510. The van der Waals surface area contributed by atoms with Crippen LogP contribution in [0.2, 0.25) is 0 Å². The molecule has 1 atom stereocenters. The number of carbonyl (C=O) groups is 1. The third-order valence-corrected chi connectivity index (χ3v) is 4.28. The van der Waals surface area contributed by atoms with E-state index in [0.717, 1.165) is 31.6 Å². The first-order valence-electron chi connectivity index (χ1n) is 8.10. The van der Waals surface area contributed by atoms with E-state index in [1.54, 1.807) is 6.07 Å². The van der Waals surface area contributed by atoms with Crippen LogP contribution in [0.15, 0.2) is 18.2 Å². The van der Waals surface area contributed by atoms with Crippen molar-refractivity contribution in [3.63, 3.8) is 0 Å². The number of benzene rings is 1. The number of carbonyl (C=O) groups excluding carboxylic acids is 1. The summed E-state index contributed by atoms with van der Waals surface area (Å²) in [4.78, 5) is 12.5. The molecule has 0 aromatic heterocycles. The van der Waals surface area contributed by atoms with Gasteiger partial charge in [0, 0.05) is 31.7 Å². The van der Waals surface area contributed by atoms with Gasteiger partial charge in [-0.05, 0) is 37.0 Å². The molecule has 1 heterocycles. The summed E-state index contributed by atoms with van der Waals surface area (Å²) in [7, 11) is 0. The van der Waals surface area contributed by atoms with E-state index in [9.17, 15) is 9.18 Å². The molecule has 4 heteroatoms. The molecule has 122 valence electrons. The van der Waals surface area contributed by atoms with Crippen molar-refractivity contribution in [3.05, 3.63) is 35.1 Å². The number of ether oxygens (including phenoxy) is 1. The average molecular weight is 307 g/mol. The van der Waals surface area contributed by atoms with E-state index in [1.807, 2.05) is 26.8 Å². The van der Waals surface area contributed by atoms with E-state index in [4.69, 9.17) is 4.74 Å². The lowest BCUT2D eigenvalue weighted by Crippen LogP contribution is -2.39. The van der Waals surface area contributed by atoms with Crippen LogP contribution in [0.3, 0.4) is 0 Å². The molecule has 0 radical (unpaired) electrons. The van der Waals surface area contributed by atoms with E-state index in [2.05, 4.69) is 5.32 Å². The molecule has 22 heavy (non-hydrogen) atoms. The van der Waals surface area contributed by atoms with Gasteiger partial charge in [0.15, 0.2) is 0 Å². The largest absolute Gasteiger partial charge is 0.381 e. The van der Waals surface area contributed by atoms with Crippen LogP contribution in [0.4, 0.5) is 4.39 Å². The highest BCUT2D eigenvalue weighted by atomic mass is 19.1. The zero-order valence-electron chi connectivity index (χ0n) is 13.7. The lowest BCUT2D eigenvalue weighted by atomic mass is 9.87. The summed E-state index contributed by atoms with van der Waals surface area (Å²) in [5.74, 6) is -0.735. The maximum absolute atomic E-state index is 14.3. The first kappa shape index (κ1) is 17.1. The minimum absolute atomic E-state index is 0.0855. The fraction of sp³-hybridized carbons (Fsp3) is 0.611. The standard InChI is InChI=1S/C18H26FNO2/c1-12(2)18(21)16(11-20-14-6-8-22-9-7-14)15-5-4-13(3)10-17(15)19/h4-5,10,12,14,16,20H,6-9,11H2,1-3H3/t16-/m1/s1. The first-order chi connectivity index (χ1) is 10.5. The molecule has 1 aromatic carbocycles. The van der Waals surface area contributed by atoms with Crippen LogP contribution in [0, 0.1) is 18.7 Å². The average Bonchev–Trinajstić information content (AvgIpc) is 2.49. The van der Waals surface area contributed by atoms with Crippen LogP contribution in [0.1, 0.15) is 43.7 Å². The van der Waals surface area contributed by atoms with Gasteiger partial charge >= 0.3 is 0 Å². The molecule has 1 N–H and O–H groups in total. The smallest absolute Gasteiger partial charge is 0.144 e. The molecule has 3 nitrogen and oxygen atoms in total. The van der Waals surface area contributed by atoms with Gasteiger partial charge in [-0.25, -0.2) is 4.39 Å². The molecule has 1 aliphatic rings. The normalized spacial score (nSPS) is 17.7. The van der Waals surface area contributed by atoms with E-state index < -0.39 is 5.92 Å². The number of aryl methyl sites for hydroxylation is 1. The zero-order chi connectivity index (χ0) is 16.1. The molecule has 1 fully saturated rings. The highest BCUT2D eigenvalue weighted by Gasteiger charge is 2.26. The number of hydrogen-bond acceptors (Lipinski definition) is 3.